The molecule has 1 N–H and O–H groups in total. The molecule has 0 aliphatic carbocycles. The van der Waals surface area contributed by atoms with Crippen LogP contribution in [0.3, 0.4) is 0 Å². The SMILES string of the molecule is O=C(CCCCCCCn1c(=O)n(CCCCCCCC(=O)Cc2ccc(CCC(=O)C(=O)c3ccccc3)cc2)c(=O)n(CCCCCCCC(=O)Nc2ccc(CCC(=O)C(=O)c3ccccc3)cc2)c1=O)Cc1ccc(CCC(=O)C(=O)c2ccccc2)cc1. The fraction of sp³-hybridized carbons (Fsp3) is 0.377. The van der Waals surface area contributed by atoms with Gasteiger partial charge in [0.05, 0.1) is 0 Å². The van der Waals surface area contributed by atoms with Crippen molar-refractivity contribution in [3.63, 3.8) is 0 Å². The zero-order valence-corrected chi connectivity index (χ0v) is 53.3. The molecule has 0 unspecified atom stereocenters. The van der Waals surface area contributed by atoms with Crippen molar-refractivity contribution in [1.82, 2.24) is 13.7 Å². The summed E-state index contributed by atoms with van der Waals surface area (Å²) in [5, 5.41) is 2.91. The Morgan fingerprint density at radius 3 is 0.871 bits per heavy atom. The Balaban J connectivity index is 0.823. The van der Waals surface area contributed by atoms with E-state index in [-0.39, 0.29) is 69.2 Å². The summed E-state index contributed by atoms with van der Waals surface area (Å²) in [5.41, 5.74) is 4.30. The number of aryl methyl sites for hydroxylation is 3. The van der Waals surface area contributed by atoms with Crippen LogP contribution in [0.25, 0.3) is 0 Å². The molecule has 0 saturated heterocycles. The smallest absolute Gasteiger partial charge is 0.326 e. The van der Waals surface area contributed by atoms with Crippen molar-refractivity contribution in [2.45, 2.75) is 187 Å². The van der Waals surface area contributed by atoms with E-state index in [1.54, 1.807) is 103 Å². The van der Waals surface area contributed by atoms with Gasteiger partial charge in [0, 0.05) is 93.4 Å². The van der Waals surface area contributed by atoms with Crippen LogP contribution >= 0.6 is 0 Å². The van der Waals surface area contributed by atoms with E-state index in [0.717, 1.165) is 66.3 Å². The standard InChI is InChI=1S/C77H86N4O12/c82-66(55-60-38-34-57(35-39-60)44-49-68(84)72(88)62-25-13-10-14-26-62)31-19-4-1-7-22-52-79-75(91)80(53-23-8-2-5-20-32-67(83)56-61-40-36-58(37-41-61)45-50-69(85)73(89)63-27-15-11-16-28-63)77(93)81(76(79)92)54-24-9-3-6-21-33-71(87)78-65-47-42-59(43-48-65)46-51-70(86)74(90)64-29-17-12-18-30-64/h10-18,25-30,34-43,47-48H,1-9,19-24,31-33,44-46,49-56H2,(H,78,87). The second-order valence-electron chi connectivity index (χ2n) is 24.0. The van der Waals surface area contributed by atoms with Crippen LogP contribution in [0, 0.1) is 0 Å². The van der Waals surface area contributed by atoms with E-state index in [1.165, 1.54) is 13.7 Å². The number of nitrogens with zero attached hydrogens (tertiary/aromatic N) is 3. The van der Waals surface area contributed by atoms with Gasteiger partial charge in [0.2, 0.25) is 40.6 Å². The summed E-state index contributed by atoms with van der Waals surface area (Å²) >= 11 is 0. The molecule has 93 heavy (non-hydrogen) atoms. The van der Waals surface area contributed by atoms with Gasteiger partial charge in [0.1, 0.15) is 11.6 Å². The van der Waals surface area contributed by atoms with E-state index in [2.05, 4.69) is 5.32 Å². The van der Waals surface area contributed by atoms with E-state index in [0.29, 0.717) is 119 Å². The van der Waals surface area contributed by atoms with Crippen molar-refractivity contribution in [2.75, 3.05) is 5.32 Å². The highest BCUT2D eigenvalue weighted by atomic mass is 16.2. The number of hydrogen-bond acceptors (Lipinski definition) is 12. The molecular formula is C77H86N4O12. The molecule has 16 heteroatoms. The number of aromatic nitrogens is 3. The van der Waals surface area contributed by atoms with Gasteiger partial charge in [-0.15, -0.1) is 0 Å². The number of hydrogen-bond donors (Lipinski definition) is 1. The van der Waals surface area contributed by atoms with Crippen molar-refractivity contribution in [3.8, 4) is 0 Å². The second-order valence-corrected chi connectivity index (χ2v) is 24.0. The maximum Gasteiger partial charge on any atom is 0.336 e. The Morgan fingerprint density at radius 1 is 0.280 bits per heavy atom. The molecule has 0 saturated carbocycles. The topological polar surface area (TPSA) is 232 Å². The van der Waals surface area contributed by atoms with Gasteiger partial charge < -0.3 is 5.32 Å². The first kappa shape index (κ1) is 71.0. The van der Waals surface area contributed by atoms with Crippen molar-refractivity contribution in [1.29, 1.82) is 0 Å². The maximum atomic E-state index is 13.9. The third-order valence-corrected chi connectivity index (χ3v) is 16.7. The Morgan fingerprint density at radius 2 is 0.548 bits per heavy atom. The number of rotatable bonds is 44. The Kier molecular flexibility index (Phi) is 29.3. The molecule has 7 rings (SSSR count). The average molecular weight is 1260 g/mol. The molecule has 486 valence electrons. The second kappa shape index (κ2) is 38.4. The van der Waals surface area contributed by atoms with Gasteiger partial charge >= 0.3 is 17.1 Å². The van der Waals surface area contributed by atoms with Crippen LogP contribution in [-0.2, 0) is 80.5 Å². The van der Waals surface area contributed by atoms with E-state index < -0.39 is 51.8 Å². The molecule has 0 spiro atoms. The minimum absolute atomic E-state index is 0.0829. The Hall–Kier alpha value is -9.44. The van der Waals surface area contributed by atoms with Gasteiger partial charge in [-0.25, -0.2) is 28.1 Å². The first-order chi connectivity index (χ1) is 45.1. The summed E-state index contributed by atoms with van der Waals surface area (Å²) in [6, 6.07) is 47.7. The molecule has 0 aliphatic heterocycles. The lowest BCUT2D eigenvalue weighted by Gasteiger charge is -2.14. The predicted molar refractivity (Wildman–Crippen MR) is 360 cm³/mol. The largest absolute Gasteiger partial charge is 0.336 e. The number of amides is 1. The third kappa shape index (κ3) is 24.0. The van der Waals surface area contributed by atoms with E-state index in [9.17, 15) is 57.5 Å². The van der Waals surface area contributed by atoms with Crippen molar-refractivity contribution in [3.05, 3.63) is 240 Å². The van der Waals surface area contributed by atoms with Crippen molar-refractivity contribution >= 4 is 57.9 Å². The number of benzene rings is 6. The molecule has 1 aromatic heterocycles. The van der Waals surface area contributed by atoms with Crippen LogP contribution in [0.4, 0.5) is 5.69 Å². The molecule has 6 aromatic carbocycles. The molecule has 1 heterocycles. The minimum atomic E-state index is -0.632. The lowest BCUT2D eigenvalue weighted by atomic mass is 9.99. The first-order valence-corrected chi connectivity index (χ1v) is 33.0. The lowest BCUT2D eigenvalue weighted by Crippen LogP contribution is -2.54. The maximum absolute atomic E-state index is 13.9. The average Bonchev–Trinajstić information content (AvgIpc) is 0.946. The summed E-state index contributed by atoms with van der Waals surface area (Å²) in [4.78, 5) is 155. The van der Waals surface area contributed by atoms with E-state index in [4.69, 9.17) is 0 Å². The van der Waals surface area contributed by atoms with Crippen LogP contribution in [-0.4, -0.2) is 65.9 Å². The van der Waals surface area contributed by atoms with E-state index in [1.807, 2.05) is 60.7 Å². The molecule has 0 atom stereocenters. The molecule has 0 bridgehead atoms. The summed E-state index contributed by atoms with van der Waals surface area (Å²) in [6.07, 6.45) is 13.7. The highest BCUT2D eigenvalue weighted by Crippen LogP contribution is 2.18. The number of carbonyl (C=O) groups excluding carboxylic acids is 9. The molecule has 7 aromatic rings. The fourth-order valence-corrected chi connectivity index (χ4v) is 11.2. The minimum Gasteiger partial charge on any atom is -0.326 e. The number of nitrogens with one attached hydrogen (secondary N) is 1. The molecule has 1 amide bonds. The summed E-state index contributed by atoms with van der Waals surface area (Å²) in [6.45, 7) is 0.427. The quantitative estimate of drug-likeness (QED) is 0.0213. The third-order valence-electron chi connectivity index (χ3n) is 16.7. The van der Waals surface area contributed by atoms with Crippen LogP contribution < -0.4 is 22.4 Å². The van der Waals surface area contributed by atoms with Crippen molar-refractivity contribution in [2.24, 2.45) is 0 Å². The monoisotopic (exact) mass is 1260 g/mol. The normalized spacial score (nSPS) is 11.1. The molecule has 0 radical (unpaired) electrons. The molecule has 0 aliphatic rings. The van der Waals surface area contributed by atoms with Crippen LogP contribution in [0.1, 0.15) is 194 Å². The van der Waals surface area contributed by atoms with Gasteiger partial charge in [0.25, 0.3) is 0 Å². The lowest BCUT2D eigenvalue weighted by molar-refractivity contribution is -0.119. The summed E-state index contributed by atoms with van der Waals surface area (Å²) in [7, 11) is 0. The van der Waals surface area contributed by atoms with Gasteiger partial charge in [0.15, 0.2) is 0 Å². The number of Topliss-reactive ketones (excluding diaryl/α,β-unsaturated/α-hetero) is 8. The fourth-order valence-electron chi connectivity index (χ4n) is 11.2. The number of ketones is 8. The highest BCUT2D eigenvalue weighted by Gasteiger charge is 2.20. The van der Waals surface area contributed by atoms with Crippen molar-refractivity contribution < 1.29 is 43.2 Å². The molecule has 0 fully saturated rings. The zero-order valence-electron chi connectivity index (χ0n) is 53.3. The van der Waals surface area contributed by atoms with Crippen LogP contribution in [0.15, 0.2) is 178 Å². The van der Waals surface area contributed by atoms with Gasteiger partial charge in [-0.05, 0) is 97.7 Å². The Bertz CT molecular complexity index is 3390. The van der Waals surface area contributed by atoms with E-state index >= 15 is 0 Å². The zero-order chi connectivity index (χ0) is 66.2. The highest BCUT2D eigenvalue weighted by molar-refractivity contribution is 6.44. The van der Waals surface area contributed by atoms with Crippen LogP contribution in [0.5, 0.6) is 0 Å². The first-order valence-electron chi connectivity index (χ1n) is 33.0. The van der Waals surface area contributed by atoms with Crippen LogP contribution in [0.2, 0.25) is 0 Å². The molecule has 16 nitrogen and oxygen atoms in total. The van der Waals surface area contributed by atoms with Gasteiger partial charge in [-0.3, -0.25) is 43.2 Å². The molecular weight excluding hydrogens is 1170 g/mol. The van der Waals surface area contributed by atoms with Gasteiger partial charge in [-0.2, -0.15) is 0 Å². The Labute approximate surface area is 543 Å². The number of unbranched alkanes of at least 4 members (excludes halogenated alkanes) is 12. The summed E-state index contributed by atoms with van der Waals surface area (Å²) in [5.74, 6) is -2.75. The van der Waals surface area contributed by atoms with Gasteiger partial charge in [-0.1, -0.05) is 209 Å². The number of anilines is 1. The predicted octanol–water partition coefficient (Wildman–Crippen LogP) is 12.6. The summed E-state index contributed by atoms with van der Waals surface area (Å²) < 4.78 is 3.53. The number of carbonyl (C=O) groups is 9.